The lowest BCUT2D eigenvalue weighted by molar-refractivity contribution is -0.138. The summed E-state index contributed by atoms with van der Waals surface area (Å²) in [6, 6.07) is 8.79. The van der Waals surface area contributed by atoms with Crippen LogP contribution < -0.4 is 5.73 Å². The molecule has 0 bridgehead atoms. The number of benzene rings is 1. The fraction of sp³-hybridized carbons (Fsp3) is 0.588. The van der Waals surface area contributed by atoms with Crippen molar-refractivity contribution in [1.29, 1.82) is 0 Å². The second-order valence-corrected chi connectivity index (χ2v) is 6.32. The Labute approximate surface area is 122 Å². The SMILES string of the molecule is CCCC(C)(N)C(=O)N(Cc1ccc(C)cc1)C1CC1. The van der Waals surface area contributed by atoms with Gasteiger partial charge in [0.2, 0.25) is 5.91 Å². The molecule has 110 valence electrons. The predicted octanol–water partition coefficient (Wildman–Crippen LogP) is 3.00. The van der Waals surface area contributed by atoms with Crippen LogP contribution in [0.1, 0.15) is 50.7 Å². The first-order valence-corrected chi connectivity index (χ1v) is 7.59. The van der Waals surface area contributed by atoms with Gasteiger partial charge in [-0.25, -0.2) is 0 Å². The topological polar surface area (TPSA) is 46.3 Å². The second kappa shape index (κ2) is 5.96. The maximum absolute atomic E-state index is 12.7. The van der Waals surface area contributed by atoms with Crippen molar-refractivity contribution in [3.05, 3.63) is 35.4 Å². The molecule has 1 atom stereocenters. The van der Waals surface area contributed by atoms with Gasteiger partial charge in [-0.3, -0.25) is 4.79 Å². The van der Waals surface area contributed by atoms with Crippen LogP contribution in [0, 0.1) is 6.92 Å². The molecule has 3 nitrogen and oxygen atoms in total. The van der Waals surface area contributed by atoms with Crippen LogP contribution in [0.3, 0.4) is 0 Å². The van der Waals surface area contributed by atoms with Crippen molar-refractivity contribution in [1.82, 2.24) is 4.90 Å². The standard InChI is InChI=1S/C17H26N2O/c1-4-11-17(3,18)16(20)19(15-9-10-15)12-14-7-5-13(2)6-8-14/h5-8,15H,4,9-12,18H2,1-3H3. The highest BCUT2D eigenvalue weighted by molar-refractivity contribution is 5.86. The summed E-state index contributed by atoms with van der Waals surface area (Å²) < 4.78 is 0. The quantitative estimate of drug-likeness (QED) is 0.866. The fourth-order valence-electron chi connectivity index (χ4n) is 2.60. The minimum atomic E-state index is -0.734. The summed E-state index contributed by atoms with van der Waals surface area (Å²) in [7, 11) is 0. The van der Waals surface area contributed by atoms with Gasteiger partial charge in [0.05, 0.1) is 5.54 Å². The zero-order valence-electron chi connectivity index (χ0n) is 12.9. The zero-order chi connectivity index (χ0) is 14.8. The van der Waals surface area contributed by atoms with Crippen molar-refractivity contribution < 1.29 is 4.79 Å². The van der Waals surface area contributed by atoms with Gasteiger partial charge < -0.3 is 10.6 Å². The van der Waals surface area contributed by atoms with Crippen LogP contribution in [0.25, 0.3) is 0 Å². The average Bonchev–Trinajstić information content (AvgIpc) is 3.21. The van der Waals surface area contributed by atoms with Gasteiger partial charge in [-0.15, -0.1) is 0 Å². The maximum Gasteiger partial charge on any atom is 0.242 e. The summed E-state index contributed by atoms with van der Waals surface area (Å²) in [6.45, 7) is 6.69. The Balaban J connectivity index is 2.11. The molecule has 1 saturated carbocycles. The summed E-state index contributed by atoms with van der Waals surface area (Å²) in [6.07, 6.45) is 3.89. The summed E-state index contributed by atoms with van der Waals surface area (Å²) >= 11 is 0. The molecule has 0 saturated heterocycles. The van der Waals surface area contributed by atoms with Crippen LogP contribution in [-0.2, 0) is 11.3 Å². The number of carbonyl (C=O) groups is 1. The van der Waals surface area contributed by atoms with Gasteiger partial charge in [-0.2, -0.15) is 0 Å². The van der Waals surface area contributed by atoms with Crippen molar-refractivity contribution >= 4 is 5.91 Å². The van der Waals surface area contributed by atoms with Crippen molar-refractivity contribution in [2.75, 3.05) is 0 Å². The Kier molecular flexibility index (Phi) is 4.48. The molecule has 1 aromatic carbocycles. The van der Waals surface area contributed by atoms with Crippen molar-refractivity contribution in [2.24, 2.45) is 5.73 Å². The van der Waals surface area contributed by atoms with Crippen molar-refractivity contribution in [2.45, 2.75) is 64.6 Å². The van der Waals surface area contributed by atoms with E-state index in [9.17, 15) is 4.79 Å². The normalized spacial score (nSPS) is 17.6. The minimum Gasteiger partial charge on any atom is -0.334 e. The van der Waals surface area contributed by atoms with E-state index in [4.69, 9.17) is 5.73 Å². The smallest absolute Gasteiger partial charge is 0.242 e. The van der Waals surface area contributed by atoms with E-state index in [2.05, 4.69) is 38.1 Å². The Morgan fingerprint density at radius 3 is 2.45 bits per heavy atom. The molecule has 1 aliphatic rings. The Bertz CT molecular complexity index is 460. The Hall–Kier alpha value is -1.35. The minimum absolute atomic E-state index is 0.0995. The Morgan fingerprint density at radius 1 is 1.35 bits per heavy atom. The van der Waals surface area contributed by atoms with Gasteiger partial charge in [-0.1, -0.05) is 43.2 Å². The molecule has 2 N–H and O–H groups in total. The number of rotatable bonds is 6. The molecule has 1 amide bonds. The Morgan fingerprint density at radius 2 is 1.95 bits per heavy atom. The average molecular weight is 274 g/mol. The summed E-state index contributed by atoms with van der Waals surface area (Å²) in [5.41, 5.74) is 7.92. The molecule has 20 heavy (non-hydrogen) atoms. The summed E-state index contributed by atoms with van der Waals surface area (Å²) in [5, 5.41) is 0. The molecule has 2 rings (SSSR count). The van der Waals surface area contributed by atoms with Gasteiger partial charge in [0.25, 0.3) is 0 Å². The molecule has 0 spiro atoms. The number of aryl methyl sites for hydroxylation is 1. The molecule has 1 aromatic rings. The van der Waals surface area contributed by atoms with Crippen LogP contribution in [0.5, 0.6) is 0 Å². The fourth-order valence-corrected chi connectivity index (χ4v) is 2.60. The van der Waals surface area contributed by atoms with E-state index >= 15 is 0 Å². The molecular formula is C17H26N2O. The number of hydrogen-bond acceptors (Lipinski definition) is 2. The number of amides is 1. The third-order valence-corrected chi connectivity index (χ3v) is 3.98. The van der Waals surface area contributed by atoms with E-state index in [1.165, 1.54) is 11.1 Å². The number of nitrogens with two attached hydrogens (primary N) is 1. The molecule has 1 aliphatic carbocycles. The molecular weight excluding hydrogens is 248 g/mol. The molecule has 0 aromatic heterocycles. The molecule has 1 unspecified atom stereocenters. The van der Waals surface area contributed by atoms with Crippen LogP contribution >= 0.6 is 0 Å². The monoisotopic (exact) mass is 274 g/mol. The first kappa shape index (κ1) is 15.0. The van der Waals surface area contributed by atoms with Gasteiger partial charge in [-0.05, 0) is 38.7 Å². The van der Waals surface area contributed by atoms with Crippen molar-refractivity contribution in [3.8, 4) is 0 Å². The second-order valence-electron chi connectivity index (χ2n) is 6.32. The van der Waals surface area contributed by atoms with E-state index in [0.717, 1.165) is 25.7 Å². The zero-order valence-corrected chi connectivity index (χ0v) is 12.9. The van der Waals surface area contributed by atoms with Gasteiger partial charge in [0, 0.05) is 12.6 Å². The van der Waals surface area contributed by atoms with Crippen LogP contribution in [0.2, 0.25) is 0 Å². The van der Waals surface area contributed by atoms with Crippen LogP contribution in [0.15, 0.2) is 24.3 Å². The highest BCUT2D eigenvalue weighted by Gasteiger charge is 2.39. The van der Waals surface area contributed by atoms with Gasteiger partial charge in [0.15, 0.2) is 0 Å². The van der Waals surface area contributed by atoms with Crippen molar-refractivity contribution in [3.63, 3.8) is 0 Å². The highest BCUT2D eigenvalue weighted by atomic mass is 16.2. The van der Waals surface area contributed by atoms with E-state index < -0.39 is 5.54 Å². The maximum atomic E-state index is 12.7. The number of carbonyl (C=O) groups excluding carboxylic acids is 1. The largest absolute Gasteiger partial charge is 0.334 e. The van der Waals surface area contributed by atoms with E-state index in [-0.39, 0.29) is 5.91 Å². The van der Waals surface area contributed by atoms with Gasteiger partial charge in [0.1, 0.15) is 0 Å². The number of hydrogen-bond donors (Lipinski definition) is 1. The summed E-state index contributed by atoms with van der Waals surface area (Å²) in [5.74, 6) is 0.0995. The lowest BCUT2D eigenvalue weighted by atomic mass is 9.95. The highest BCUT2D eigenvalue weighted by Crippen LogP contribution is 2.31. The first-order valence-electron chi connectivity index (χ1n) is 7.59. The molecule has 0 heterocycles. The van der Waals surface area contributed by atoms with Crippen LogP contribution in [0.4, 0.5) is 0 Å². The lowest BCUT2D eigenvalue weighted by Crippen LogP contribution is -2.53. The van der Waals surface area contributed by atoms with E-state index in [0.29, 0.717) is 12.6 Å². The van der Waals surface area contributed by atoms with E-state index in [1.807, 2.05) is 11.8 Å². The third kappa shape index (κ3) is 3.60. The molecule has 0 aliphatic heterocycles. The molecule has 0 radical (unpaired) electrons. The first-order chi connectivity index (χ1) is 9.44. The predicted molar refractivity (Wildman–Crippen MR) is 82.3 cm³/mol. The van der Waals surface area contributed by atoms with E-state index in [1.54, 1.807) is 0 Å². The van der Waals surface area contributed by atoms with Crippen LogP contribution in [-0.4, -0.2) is 22.4 Å². The molecule has 1 fully saturated rings. The van der Waals surface area contributed by atoms with Gasteiger partial charge >= 0.3 is 0 Å². The summed E-state index contributed by atoms with van der Waals surface area (Å²) in [4.78, 5) is 14.7. The lowest BCUT2D eigenvalue weighted by Gasteiger charge is -2.32. The third-order valence-electron chi connectivity index (χ3n) is 3.98. The molecule has 3 heteroatoms. The number of nitrogens with zero attached hydrogens (tertiary/aromatic N) is 1.